The third-order valence-corrected chi connectivity index (χ3v) is 4.29. The molecule has 2 aromatic carbocycles. The summed E-state index contributed by atoms with van der Waals surface area (Å²) in [5.74, 6) is 0.627. The van der Waals surface area contributed by atoms with Crippen LogP contribution in [-0.4, -0.2) is 15.9 Å². The van der Waals surface area contributed by atoms with Gasteiger partial charge in [0.15, 0.2) is 0 Å². The maximum atomic E-state index is 12.3. The molecule has 2 aromatic heterocycles. The number of benzene rings is 2. The van der Waals surface area contributed by atoms with Gasteiger partial charge in [-0.25, -0.2) is 4.98 Å². The van der Waals surface area contributed by atoms with Crippen LogP contribution in [0.1, 0.15) is 10.4 Å². The van der Waals surface area contributed by atoms with Crippen LogP contribution in [-0.2, 0) is 0 Å². The number of carbonyl (C=O) groups is 1. The van der Waals surface area contributed by atoms with Gasteiger partial charge in [-0.15, -0.1) is 0 Å². The highest BCUT2D eigenvalue weighted by Gasteiger charge is 2.12. The van der Waals surface area contributed by atoms with Crippen LogP contribution in [0.25, 0.3) is 22.4 Å². The summed E-state index contributed by atoms with van der Waals surface area (Å²) in [5.41, 5.74) is 4.15. The summed E-state index contributed by atoms with van der Waals surface area (Å²) in [4.78, 5) is 20.2. The second-order valence-electron chi connectivity index (χ2n) is 5.11. The molecule has 0 radical (unpaired) electrons. The van der Waals surface area contributed by atoms with Crippen LogP contribution >= 0.6 is 11.3 Å². The fraction of sp³-hybridized carbons (Fsp3) is 0. The van der Waals surface area contributed by atoms with E-state index in [2.05, 4.69) is 15.3 Å². The van der Waals surface area contributed by atoms with Crippen LogP contribution in [0.2, 0.25) is 0 Å². The van der Waals surface area contributed by atoms with Crippen molar-refractivity contribution in [2.24, 2.45) is 0 Å². The van der Waals surface area contributed by atoms with E-state index >= 15 is 0 Å². The lowest BCUT2D eigenvalue weighted by molar-refractivity contribution is 0.102. The Morgan fingerprint density at radius 2 is 1.87 bits per heavy atom. The SMILES string of the molecule is O=C(Nc1ccccc1-c1nc2ccccc2[nH]1)c1ccsc1. The van der Waals surface area contributed by atoms with Crippen molar-refractivity contribution in [2.75, 3.05) is 5.32 Å². The Balaban J connectivity index is 1.73. The molecule has 2 N–H and O–H groups in total. The first-order valence-electron chi connectivity index (χ1n) is 7.19. The zero-order chi connectivity index (χ0) is 15.6. The number of aromatic nitrogens is 2. The molecule has 0 spiro atoms. The van der Waals surface area contributed by atoms with E-state index < -0.39 is 0 Å². The quantitative estimate of drug-likeness (QED) is 0.582. The van der Waals surface area contributed by atoms with Crippen LogP contribution in [0, 0.1) is 0 Å². The van der Waals surface area contributed by atoms with Crippen molar-refractivity contribution in [2.45, 2.75) is 0 Å². The second kappa shape index (κ2) is 5.70. The molecule has 0 fully saturated rings. The molecule has 1 amide bonds. The maximum Gasteiger partial charge on any atom is 0.256 e. The average Bonchev–Trinajstić information content (AvgIpc) is 3.25. The molecule has 0 saturated heterocycles. The zero-order valence-corrected chi connectivity index (χ0v) is 12.9. The van der Waals surface area contributed by atoms with E-state index in [4.69, 9.17) is 0 Å². The number of fused-ring (bicyclic) bond motifs is 1. The number of imidazole rings is 1. The van der Waals surface area contributed by atoms with Gasteiger partial charge in [-0.1, -0.05) is 24.3 Å². The van der Waals surface area contributed by atoms with Gasteiger partial charge in [0.05, 0.1) is 22.3 Å². The Kier molecular flexibility index (Phi) is 3.40. The number of hydrogen-bond donors (Lipinski definition) is 2. The van der Waals surface area contributed by atoms with Crippen LogP contribution < -0.4 is 5.32 Å². The first kappa shape index (κ1) is 13.7. The molecule has 5 heteroatoms. The van der Waals surface area contributed by atoms with E-state index in [1.165, 1.54) is 11.3 Å². The second-order valence-corrected chi connectivity index (χ2v) is 5.89. The van der Waals surface area contributed by atoms with Gasteiger partial charge in [-0.3, -0.25) is 4.79 Å². The molecule has 0 atom stereocenters. The molecule has 2 heterocycles. The van der Waals surface area contributed by atoms with Crippen LogP contribution in [0.4, 0.5) is 5.69 Å². The van der Waals surface area contributed by atoms with Crippen molar-refractivity contribution in [3.63, 3.8) is 0 Å². The van der Waals surface area contributed by atoms with Crippen molar-refractivity contribution in [1.29, 1.82) is 0 Å². The first-order chi connectivity index (χ1) is 11.3. The number of carbonyl (C=O) groups excluding carboxylic acids is 1. The van der Waals surface area contributed by atoms with E-state index in [1.54, 1.807) is 0 Å². The molecule has 112 valence electrons. The van der Waals surface area contributed by atoms with Gasteiger partial charge in [0, 0.05) is 10.9 Å². The van der Waals surface area contributed by atoms with Crippen LogP contribution in [0.5, 0.6) is 0 Å². The van der Waals surface area contributed by atoms with Crippen LogP contribution in [0.3, 0.4) is 0 Å². The zero-order valence-electron chi connectivity index (χ0n) is 12.1. The molecule has 0 bridgehead atoms. The molecule has 0 aliphatic rings. The number of anilines is 1. The highest BCUT2D eigenvalue weighted by Crippen LogP contribution is 2.28. The van der Waals surface area contributed by atoms with E-state index in [-0.39, 0.29) is 5.91 Å². The number of rotatable bonds is 3. The largest absolute Gasteiger partial charge is 0.338 e. The number of thiophene rings is 1. The molecule has 0 saturated carbocycles. The fourth-order valence-corrected chi connectivity index (χ4v) is 3.10. The minimum atomic E-state index is -0.116. The third-order valence-electron chi connectivity index (χ3n) is 3.60. The lowest BCUT2D eigenvalue weighted by atomic mass is 10.1. The number of H-pyrrole nitrogens is 1. The molecular formula is C18H13N3OS. The molecule has 0 aliphatic heterocycles. The maximum absolute atomic E-state index is 12.3. The smallest absolute Gasteiger partial charge is 0.256 e. The van der Waals surface area contributed by atoms with Crippen LogP contribution in [0.15, 0.2) is 65.4 Å². The molecule has 0 aliphatic carbocycles. The Morgan fingerprint density at radius 1 is 1.04 bits per heavy atom. The Hall–Kier alpha value is -2.92. The highest BCUT2D eigenvalue weighted by molar-refractivity contribution is 7.08. The monoisotopic (exact) mass is 319 g/mol. The lowest BCUT2D eigenvalue weighted by Crippen LogP contribution is -2.11. The van der Waals surface area contributed by atoms with E-state index in [0.29, 0.717) is 5.56 Å². The van der Waals surface area contributed by atoms with E-state index in [0.717, 1.165) is 28.1 Å². The van der Waals surface area contributed by atoms with Crippen molar-refractivity contribution in [3.05, 3.63) is 70.9 Å². The Morgan fingerprint density at radius 3 is 2.70 bits per heavy atom. The van der Waals surface area contributed by atoms with Gasteiger partial charge >= 0.3 is 0 Å². The minimum Gasteiger partial charge on any atom is -0.338 e. The molecular weight excluding hydrogens is 306 g/mol. The molecule has 4 rings (SSSR count). The number of para-hydroxylation sites is 3. The van der Waals surface area contributed by atoms with Gasteiger partial charge in [0.1, 0.15) is 5.82 Å². The first-order valence-corrected chi connectivity index (χ1v) is 8.13. The summed E-state index contributed by atoms with van der Waals surface area (Å²) in [5, 5.41) is 6.68. The normalized spacial score (nSPS) is 10.8. The number of amides is 1. The van der Waals surface area contributed by atoms with E-state index in [9.17, 15) is 4.79 Å². The van der Waals surface area contributed by atoms with Crippen molar-refractivity contribution >= 4 is 34.0 Å². The summed E-state index contributed by atoms with van der Waals surface area (Å²) in [7, 11) is 0. The molecule has 23 heavy (non-hydrogen) atoms. The summed E-state index contributed by atoms with van der Waals surface area (Å²) >= 11 is 1.50. The number of nitrogens with zero attached hydrogens (tertiary/aromatic N) is 1. The summed E-state index contributed by atoms with van der Waals surface area (Å²) < 4.78 is 0. The standard InChI is InChI=1S/C18H13N3OS/c22-18(12-9-10-23-11-12)21-14-6-2-1-5-13(14)17-19-15-7-3-4-8-16(15)20-17/h1-11H,(H,19,20)(H,21,22). The predicted octanol–water partition coefficient (Wildman–Crippen LogP) is 4.54. The fourth-order valence-electron chi connectivity index (χ4n) is 2.47. The van der Waals surface area contributed by atoms with Gasteiger partial charge in [-0.2, -0.15) is 11.3 Å². The van der Waals surface area contributed by atoms with Crippen molar-refractivity contribution < 1.29 is 4.79 Å². The highest BCUT2D eigenvalue weighted by atomic mass is 32.1. The van der Waals surface area contributed by atoms with Gasteiger partial charge in [0.25, 0.3) is 5.91 Å². The Labute approximate surface area is 136 Å². The number of nitrogens with one attached hydrogen (secondary N) is 2. The topological polar surface area (TPSA) is 57.8 Å². The third kappa shape index (κ3) is 2.62. The van der Waals surface area contributed by atoms with E-state index in [1.807, 2.05) is 65.4 Å². The lowest BCUT2D eigenvalue weighted by Gasteiger charge is -2.08. The average molecular weight is 319 g/mol. The minimum absolute atomic E-state index is 0.116. The summed E-state index contributed by atoms with van der Waals surface area (Å²) in [6.45, 7) is 0. The van der Waals surface area contributed by atoms with Crippen molar-refractivity contribution in [1.82, 2.24) is 9.97 Å². The van der Waals surface area contributed by atoms with Crippen molar-refractivity contribution in [3.8, 4) is 11.4 Å². The van der Waals surface area contributed by atoms with Gasteiger partial charge in [0.2, 0.25) is 0 Å². The number of aromatic amines is 1. The Bertz CT molecular complexity index is 940. The predicted molar refractivity (Wildman–Crippen MR) is 93.8 cm³/mol. The molecule has 4 aromatic rings. The summed E-state index contributed by atoms with van der Waals surface area (Å²) in [6, 6.07) is 17.3. The summed E-state index contributed by atoms with van der Waals surface area (Å²) in [6.07, 6.45) is 0. The molecule has 4 nitrogen and oxygen atoms in total. The van der Waals surface area contributed by atoms with Gasteiger partial charge in [-0.05, 0) is 35.7 Å². The van der Waals surface area contributed by atoms with Gasteiger partial charge < -0.3 is 10.3 Å². The molecule has 0 unspecified atom stereocenters. The number of hydrogen-bond acceptors (Lipinski definition) is 3.